The van der Waals surface area contributed by atoms with Gasteiger partial charge in [0.25, 0.3) is 0 Å². The Morgan fingerprint density at radius 2 is 1.15 bits per heavy atom. The smallest absolute Gasteiger partial charge is 0.335 e. The molecule has 0 amide bonds. The van der Waals surface area contributed by atoms with E-state index < -0.39 is 11.9 Å². The summed E-state index contributed by atoms with van der Waals surface area (Å²) >= 11 is 0. The number of carbonyl (C=O) groups is 2. The van der Waals surface area contributed by atoms with Crippen molar-refractivity contribution in [2.45, 2.75) is 0 Å². The molecule has 0 radical (unpaired) electrons. The van der Waals surface area contributed by atoms with Crippen molar-refractivity contribution in [3.63, 3.8) is 0 Å². The molecule has 134 valence electrons. The lowest BCUT2D eigenvalue weighted by Crippen LogP contribution is -1.98. The molecule has 2 rings (SSSR count). The third kappa shape index (κ3) is 4.91. The van der Waals surface area contributed by atoms with E-state index in [0.29, 0.717) is 0 Å². The molecule has 0 bridgehead atoms. The number of carboxylic acids is 2. The first-order chi connectivity index (χ1) is 12.4. The first kappa shape index (κ1) is 18.7. The third-order valence-electron chi connectivity index (χ3n) is 3.37. The van der Waals surface area contributed by atoms with E-state index in [-0.39, 0.29) is 46.8 Å². The van der Waals surface area contributed by atoms with Crippen LogP contribution in [-0.2, 0) is 0 Å². The molecule has 0 aliphatic carbocycles. The van der Waals surface area contributed by atoms with E-state index in [9.17, 15) is 19.8 Å². The van der Waals surface area contributed by atoms with Crippen LogP contribution in [0.5, 0.6) is 11.5 Å². The number of hydrogen-bond acceptors (Lipinski definition) is 6. The molecule has 0 aromatic heterocycles. The van der Waals surface area contributed by atoms with E-state index in [1.807, 2.05) is 0 Å². The Morgan fingerprint density at radius 3 is 1.50 bits per heavy atom. The van der Waals surface area contributed by atoms with Crippen molar-refractivity contribution < 1.29 is 30.0 Å². The van der Waals surface area contributed by atoms with Crippen LogP contribution >= 0.6 is 0 Å². The van der Waals surface area contributed by atoms with Gasteiger partial charge in [0.05, 0.1) is 24.2 Å². The molecule has 2 aromatic carbocycles. The maximum atomic E-state index is 10.9. The van der Waals surface area contributed by atoms with Crippen LogP contribution in [0.3, 0.4) is 0 Å². The fourth-order valence-corrected chi connectivity index (χ4v) is 2.02. The number of benzene rings is 2. The van der Waals surface area contributed by atoms with Gasteiger partial charge in [-0.05, 0) is 36.4 Å². The van der Waals surface area contributed by atoms with Crippen LogP contribution in [0.25, 0.3) is 0 Å². The highest BCUT2D eigenvalue weighted by atomic mass is 16.4. The van der Waals surface area contributed by atoms with Crippen LogP contribution < -0.4 is 0 Å². The number of hydrogen-bond donors (Lipinski definition) is 4. The van der Waals surface area contributed by atoms with Gasteiger partial charge >= 0.3 is 11.9 Å². The number of carboxylic acid groups (broad SMARTS) is 2. The van der Waals surface area contributed by atoms with Crippen molar-refractivity contribution in [1.29, 1.82) is 0 Å². The molecule has 0 atom stereocenters. The lowest BCUT2D eigenvalue weighted by molar-refractivity contribution is 0.0686. The van der Waals surface area contributed by atoms with Gasteiger partial charge in [-0.2, -0.15) is 0 Å². The second-order valence-corrected chi connectivity index (χ2v) is 5.23. The molecule has 0 aliphatic heterocycles. The maximum absolute atomic E-state index is 10.9. The normalized spacial score (nSPS) is 11.2. The molecular weight excluding hydrogens is 340 g/mol. The molecule has 0 aliphatic rings. The Hall–Kier alpha value is -3.68. The van der Waals surface area contributed by atoms with E-state index in [1.165, 1.54) is 48.8 Å². The Balaban J connectivity index is 1.97. The van der Waals surface area contributed by atoms with E-state index in [0.717, 1.165) is 0 Å². The minimum absolute atomic E-state index is 0.0380. The fraction of sp³-hybridized carbons (Fsp3) is 0.111. The van der Waals surface area contributed by atoms with E-state index >= 15 is 0 Å². The van der Waals surface area contributed by atoms with Crippen molar-refractivity contribution in [1.82, 2.24) is 0 Å². The molecule has 8 heteroatoms. The minimum atomic E-state index is -1.10. The Kier molecular flexibility index (Phi) is 6.05. The van der Waals surface area contributed by atoms with E-state index in [2.05, 4.69) is 9.98 Å². The van der Waals surface area contributed by atoms with Crippen molar-refractivity contribution >= 4 is 24.4 Å². The zero-order valence-corrected chi connectivity index (χ0v) is 13.5. The van der Waals surface area contributed by atoms with Gasteiger partial charge < -0.3 is 20.4 Å². The second-order valence-electron chi connectivity index (χ2n) is 5.23. The summed E-state index contributed by atoms with van der Waals surface area (Å²) in [7, 11) is 0. The first-order valence-electron chi connectivity index (χ1n) is 7.50. The van der Waals surface area contributed by atoms with Crippen molar-refractivity contribution in [3.8, 4) is 11.5 Å². The molecule has 0 fully saturated rings. The highest BCUT2D eigenvalue weighted by Crippen LogP contribution is 2.17. The summed E-state index contributed by atoms with van der Waals surface area (Å²) in [5, 5.41) is 37.2. The summed E-state index contributed by atoms with van der Waals surface area (Å²) in [5.74, 6) is -2.38. The Morgan fingerprint density at radius 1 is 0.769 bits per heavy atom. The van der Waals surface area contributed by atoms with Crippen molar-refractivity contribution in [3.05, 3.63) is 58.7 Å². The molecule has 0 saturated heterocycles. The first-order valence-corrected chi connectivity index (χ1v) is 7.50. The van der Waals surface area contributed by atoms with Crippen LogP contribution in [0, 0.1) is 0 Å². The molecule has 0 unspecified atom stereocenters. The summed E-state index contributed by atoms with van der Waals surface area (Å²) in [4.78, 5) is 29.9. The monoisotopic (exact) mass is 356 g/mol. The van der Waals surface area contributed by atoms with Gasteiger partial charge in [-0.3, -0.25) is 9.98 Å². The zero-order valence-electron chi connectivity index (χ0n) is 13.5. The summed E-state index contributed by atoms with van der Waals surface area (Å²) in [5.41, 5.74) is 0.633. The van der Waals surface area contributed by atoms with Crippen LogP contribution in [0.15, 0.2) is 46.4 Å². The van der Waals surface area contributed by atoms with Gasteiger partial charge in [0.1, 0.15) is 11.5 Å². The van der Waals surface area contributed by atoms with Crippen LogP contribution in [0.2, 0.25) is 0 Å². The van der Waals surface area contributed by atoms with Gasteiger partial charge in [0.15, 0.2) is 0 Å². The number of rotatable bonds is 7. The van der Waals surface area contributed by atoms with Crippen LogP contribution in [-0.4, -0.2) is 57.9 Å². The molecule has 2 aromatic rings. The second kappa shape index (κ2) is 8.43. The van der Waals surface area contributed by atoms with Crippen LogP contribution in [0.4, 0.5) is 0 Å². The summed E-state index contributed by atoms with van der Waals surface area (Å²) < 4.78 is 0. The molecule has 0 saturated carbocycles. The number of phenols is 2. The van der Waals surface area contributed by atoms with Gasteiger partial charge in [-0.15, -0.1) is 0 Å². The SMILES string of the molecule is O=C(O)c1ccc(O)c(C=NCCN=Cc2cc(C(=O)O)ccc2O)c1. The molecule has 4 N–H and O–H groups in total. The number of nitrogens with zero attached hydrogens (tertiary/aromatic N) is 2. The zero-order chi connectivity index (χ0) is 19.1. The molecule has 0 heterocycles. The van der Waals surface area contributed by atoms with Gasteiger partial charge in [0, 0.05) is 23.6 Å². The Labute approximate surface area is 148 Å². The minimum Gasteiger partial charge on any atom is -0.507 e. The highest BCUT2D eigenvalue weighted by Gasteiger charge is 2.07. The van der Waals surface area contributed by atoms with Crippen molar-refractivity contribution in [2.75, 3.05) is 13.1 Å². The van der Waals surface area contributed by atoms with Crippen molar-refractivity contribution in [2.24, 2.45) is 9.98 Å². The lowest BCUT2D eigenvalue weighted by Gasteiger charge is -2.01. The molecule has 8 nitrogen and oxygen atoms in total. The maximum Gasteiger partial charge on any atom is 0.335 e. The largest absolute Gasteiger partial charge is 0.507 e. The average Bonchev–Trinajstić information content (AvgIpc) is 2.60. The third-order valence-corrected chi connectivity index (χ3v) is 3.37. The van der Waals surface area contributed by atoms with Gasteiger partial charge in [0.2, 0.25) is 0 Å². The Bertz CT molecular complexity index is 816. The lowest BCUT2D eigenvalue weighted by atomic mass is 10.1. The summed E-state index contributed by atoms with van der Waals surface area (Å²) in [6, 6.07) is 7.75. The fourth-order valence-electron chi connectivity index (χ4n) is 2.02. The van der Waals surface area contributed by atoms with E-state index in [4.69, 9.17) is 10.2 Å². The number of aliphatic imine (C=N–C) groups is 2. The standard InChI is InChI=1S/C18H16N2O6/c21-15-3-1-11(17(23)24)7-13(15)9-19-5-6-20-10-14-8-12(18(25)26)2-4-16(14)22/h1-4,7-10,21-22H,5-6H2,(H,23,24)(H,25,26). The average molecular weight is 356 g/mol. The quantitative estimate of drug-likeness (QED) is 0.442. The predicted octanol–water partition coefficient (Wildman–Crippen LogP) is 2.03. The van der Waals surface area contributed by atoms with Gasteiger partial charge in [-0.25, -0.2) is 9.59 Å². The number of phenolic OH excluding ortho intramolecular Hbond substituents is 2. The van der Waals surface area contributed by atoms with Crippen LogP contribution in [0.1, 0.15) is 31.8 Å². The topological polar surface area (TPSA) is 140 Å². The molecular formula is C18H16N2O6. The van der Waals surface area contributed by atoms with Gasteiger partial charge in [-0.1, -0.05) is 0 Å². The van der Waals surface area contributed by atoms with E-state index in [1.54, 1.807) is 0 Å². The number of aromatic carboxylic acids is 2. The predicted molar refractivity (Wildman–Crippen MR) is 95.1 cm³/mol. The molecule has 26 heavy (non-hydrogen) atoms. The summed E-state index contributed by atoms with van der Waals surface area (Å²) in [6.45, 7) is 0.513. The molecule has 0 spiro atoms. The highest BCUT2D eigenvalue weighted by molar-refractivity contribution is 5.93. The summed E-state index contributed by atoms with van der Waals surface area (Å²) in [6.07, 6.45) is 2.69. The number of aromatic hydroxyl groups is 2.